The fourth-order valence-electron chi connectivity index (χ4n) is 3.56. The van der Waals surface area contributed by atoms with Crippen LogP contribution in [0.3, 0.4) is 0 Å². The van der Waals surface area contributed by atoms with Crippen molar-refractivity contribution in [3.8, 4) is 0 Å². The fraction of sp³-hybridized carbons (Fsp3) is 0.529. The Kier molecular flexibility index (Phi) is 4.83. The average molecular weight is 339 g/mol. The van der Waals surface area contributed by atoms with Crippen LogP contribution in [0.4, 0.5) is 5.69 Å². The zero-order chi connectivity index (χ0) is 16.5. The monoisotopic (exact) mass is 338 g/mol. The highest BCUT2D eigenvalue weighted by Gasteiger charge is 2.47. The van der Waals surface area contributed by atoms with Crippen molar-refractivity contribution in [2.75, 3.05) is 5.32 Å². The average Bonchev–Trinajstić information content (AvgIpc) is 2.35. The van der Waals surface area contributed by atoms with E-state index in [1.165, 1.54) is 0 Å². The van der Waals surface area contributed by atoms with Crippen LogP contribution in [-0.2, 0) is 4.79 Å². The van der Waals surface area contributed by atoms with Crippen molar-refractivity contribution < 1.29 is 4.79 Å². The van der Waals surface area contributed by atoms with Crippen molar-refractivity contribution >= 4 is 40.4 Å². The van der Waals surface area contributed by atoms with Gasteiger partial charge in [0.1, 0.15) is 5.78 Å². The van der Waals surface area contributed by atoms with E-state index in [-0.39, 0.29) is 16.9 Å². The summed E-state index contributed by atoms with van der Waals surface area (Å²) in [5.41, 5.74) is 0.624. The number of hydrogen-bond acceptors (Lipinski definition) is 2. The van der Waals surface area contributed by atoms with Crippen molar-refractivity contribution in [1.29, 1.82) is 0 Å². The second kappa shape index (κ2) is 6.17. The molecule has 1 saturated carbocycles. The maximum atomic E-state index is 12.0. The van der Waals surface area contributed by atoms with Crippen molar-refractivity contribution in [3.63, 3.8) is 0 Å². The summed E-state index contributed by atoms with van der Waals surface area (Å²) in [6.45, 7) is 8.48. The summed E-state index contributed by atoms with van der Waals surface area (Å²) in [7, 11) is 0. The minimum absolute atomic E-state index is 0.130. The molecule has 1 aromatic carbocycles. The maximum Gasteiger partial charge on any atom is 0.171 e. The molecule has 22 heavy (non-hydrogen) atoms. The molecule has 1 aliphatic rings. The van der Waals surface area contributed by atoms with Gasteiger partial charge in [0.05, 0.1) is 0 Å². The number of anilines is 1. The van der Waals surface area contributed by atoms with E-state index in [1.54, 1.807) is 0 Å². The molecule has 1 aliphatic carbocycles. The van der Waals surface area contributed by atoms with E-state index in [1.807, 2.05) is 24.3 Å². The molecule has 2 rings (SSSR count). The summed E-state index contributed by atoms with van der Waals surface area (Å²) < 4.78 is 0. The van der Waals surface area contributed by atoms with E-state index < -0.39 is 0 Å². The zero-order valence-corrected chi connectivity index (χ0v) is 15.1. The standard InChI is InChI=1S/C17H23ClN2OS/c1-16(2)9-13(21)10-17(3,4)14(16)20-15(22)19-12-7-5-11(18)6-8-12/h5-8,14H,9-10H2,1-4H3,(H2,19,20,22). The third-order valence-electron chi connectivity index (χ3n) is 4.25. The molecule has 120 valence electrons. The van der Waals surface area contributed by atoms with Gasteiger partial charge >= 0.3 is 0 Å². The minimum Gasteiger partial charge on any atom is -0.359 e. The van der Waals surface area contributed by atoms with Gasteiger partial charge in [-0.05, 0) is 47.3 Å². The van der Waals surface area contributed by atoms with Gasteiger partial charge in [-0.25, -0.2) is 0 Å². The smallest absolute Gasteiger partial charge is 0.171 e. The first kappa shape index (κ1) is 17.2. The molecule has 0 heterocycles. The summed E-state index contributed by atoms with van der Waals surface area (Å²) in [4.78, 5) is 12.0. The minimum atomic E-state index is -0.134. The Labute approximate surface area is 142 Å². The number of rotatable bonds is 2. The van der Waals surface area contributed by atoms with Crippen LogP contribution in [-0.4, -0.2) is 16.9 Å². The first-order valence-corrected chi connectivity index (χ1v) is 8.24. The predicted molar refractivity (Wildman–Crippen MR) is 96.4 cm³/mol. The molecular weight excluding hydrogens is 316 g/mol. The first-order chi connectivity index (χ1) is 10.1. The molecule has 0 saturated heterocycles. The molecule has 0 radical (unpaired) electrons. The van der Waals surface area contributed by atoms with E-state index in [4.69, 9.17) is 23.8 Å². The Morgan fingerprint density at radius 1 is 1.14 bits per heavy atom. The normalized spacial score (nSPS) is 20.5. The lowest BCUT2D eigenvalue weighted by Crippen LogP contribution is -2.58. The van der Waals surface area contributed by atoms with Crippen molar-refractivity contribution in [3.05, 3.63) is 29.3 Å². The largest absolute Gasteiger partial charge is 0.359 e. The fourth-order valence-corrected chi connectivity index (χ4v) is 3.92. The number of ketones is 1. The number of halogens is 1. The third-order valence-corrected chi connectivity index (χ3v) is 4.72. The highest BCUT2D eigenvalue weighted by molar-refractivity contribution is 7.80. The van der Waals surface area contributed by atoms with Crippen LogP contribution in [0.25, 0.3) is 0 Å². The molecule has 0 spiro atoms. The van der Waals surface area contributed by atoms with Gasteiger partial charge in [-0.2, -0.15) is 0 Å². The second-order valence-electron chi connectivity index (χ2n) is 7.41. The van der Waals surface area contributed by atoms with Crippen LogP contribution in [0.15, 0.2) is 24.3 Å². The predicted octanol–water partition coefficient (Wildman–Crippen LogP) is 4.41. The Balaban J connectivity index is 2.08. The molecule has 0 amide bonds. The van der Waals surface area contributed by atoms with Crippen LogP contribution in [0.1, 0.15) is 40.5 Å². The van der Waals surface area contributed by atoms with Gasteiger partial charge in [0, 0.05) is 29.6 Å². The molecule has 0 unspecified atom stereocenters. The van der Waals surface area contributed by atoms with Crippen molar-refractivity contribution in [2.24, 2.45) is 10.8 Å². The van der Waals surface area contributed by atoms with Gasteiger partial charge in [-0.1, -0.05) is 39.3 Å². The molecule has 2 N–H and O–H groups in total. The SMILES string of the molecule is CC1(C)CC(=O)CC(C)(C)C1NC(=S)Nc1ccc(Cl)cc1. The van der Waals surface area contributed by atoms with Gasteiger partial charge in [0.2, 0.25) is 0 Å². The van der Waals surface area contributed by atoms with Gasteiger partial charge in [0.25, 0.3) is 0 Å². The van der Waals surface area contributed by atoms with E-state index in [9.17, 15) is 4.79 Å². The second-order valence-corrected chi connectivity index (χ2v) is 8.25. The van der Waals surface area contributed by atoms with Crippen molar-refractivity contribution in [2.45, 2.75) is 46.6 Å². The molecule has 3 nitrogen and oxygen atoms in total. The number of hydrogen-bond donors (Lipinski definition) is 2. The van der Waals surface area contributed by atoms with Crippen LogP contribution >= 0.6 is 23.8 Å². The Bertz CT molecular complexity index is 561. The summed E-state index contributed by atoms with van der Waals surface area (Å²) in [6, 6.07) is 7.54. The van der Waals surface area contributed by atoms with Gasteiger partial charge < -0.3 is 10.6 Å². The van der Waals surface area contributed by atoms with Crippen LogP contribution < -0.4 is 10.6 Å². The van der Waals surface area contributed by atoms with Crippen LogP contribution in [0.2, 0.25) is 5.02 Å². The van der Waals surface area contributed by atoms with Crippen LogP contribution in [0, 0.1) is 10.8 Å². The summed E-state index contributed by atoms with van der Waals surface area (Å²) in [5, 5.41) is 7.86. The topological polar surface area (TPSA) is 41.1 Å². The lowest BCUT2D eigenvalue weighted by atomic mass is 9.61. The van der Waals surface area contributed by atoms with Crippen molar-refractivity contribution in [1.82, 2.24) is 5.32 Å². The van der Waals surface area contributed by atoms with Gasteiger partial charge in [-0.15, -0.1) is 0 Å². The summed E-state index contributed by atoms with van der Waals surface area (Å²) in [6.07, 6.45) is 1.16. The Hall–Kier alpha value is -1.13. The molecular formula is C17H23ClN2OS. The number of carbonyl (C=O) groups excluding carboxylic acids is 1. The van der Waals surface area contributed by atoms with E-state index >= 15 is 0 Å². The molecule has 0 atom stereocenters. The number of carbonyl (C=O) groups is 1. The quantitative estimate of drug-likeness (QED) is 0.784. The lowest BCUT2D eigenvalue weighted by Gasteiger charge is -2.49. The number of Topliss-reactive ketones (excluding diaryl/α,β-unsaturated/α-hetero) is 1. The Morgan fingerprint density at radius 3 is 2.14 bits per heavy atom. The number of nitrogens with one attached hydrogen (secondary N) is 2. The van der Waals surface area contributed by atoms with Crippen LogP contribution in [0.5, 0.6) is 0 Å². The summed E-state index contributed by atoms with van der Waals surface area (Å²) >= 11 is 11.3. The number of thiocarbonyl (C=S) groups is 1. The molecule has 0 aromatic heterocycles. The molecule has 5 heteroatoms. The van der Waals surface area contributed by atoms with E-state index in [0.29, 0.717) is 28.8 Å². The van der Waals surface area contributed by atoms with Gasteiger partial charge in [-0.3, -0.25) is 4.79 Å². The molecule has 0 aliphatic heterocycles. The first-order valence-electron chi connectivity index (χ1n) is 7.45. The van der Waals surface area contributed by atoms with Gasteiger partial charge in [0.15, 0.2) is 5.11 Å². The molecule has 1 fully saturated rings. The van der Waals surface area contributed by atoms with E-state index in [0.717, 1.165) is 5.69 Å². The third kappa shape index (κ3) is 3.99. The number of benzene rings is 1. The van der Waals surface area contributed by atoms with E-state index in [2.05, 4.69) is 38.3 Å². The highest BCUT2D eigenvalue weighted by Crippen LogP contribution is 2.44. The highest BCUT2D eigenvalue weighted by atomic mass is 35.5. The lowest BCUT2D eigenvalue weighted by molar-refractivity contribution is -0.128. The maximum absolute atomic E-state index is 12.0. The molecule has 0 bridgehead atoms. The Morgan fingerprint density at radius 2 is 1.64 bits per heavy atom. The zero-order valence-electron chi connectivity index (χ0n) is 13.5. The molecule has 1 aromatic rings. The summed E-state index contributed by atoms with van der Waals surface area (Å²) in [5.74, 6) is 0.324.